The largest absolute Gasteiger partial charge is 0.497 e. The first-order valence-corrected chi connectivity index (χ1v) is 7.90. The van der Waals surface area contributed by atoms with E-state index in [1.165, 1.54) is 0 Å². The average molecular weight is 271 g/mol. The summed E-state index contributed by atoms with van der Waals surface area (Å²) in [6.07, 6.45) is 1.27. The standard InChI is InChI=1S/C13H21NO3S/c1-3-18(15,16)10-4-5-13(14)11-6-8-12(17-2)9-7-11/h6-9,13H,3-5,10,14H2,1-2H3. The molecule has 5 heteroatoms. The molecule has 18 heavy (non-hydrogen) atoms. The third-order valence-electron chi connectivity index (χ3n) is 2.95. The maximum absolute atomic E-state index is 11.3. The second kappa shape index (κ2) is 6.75. The van der Waals surface area contributed by atoms with Crippen molar-refractivity contribution in [3.63, 3.8) is 0 Å². The molecule has 102 valence electrons. The summed E-state index contributed by atoms with van der Waals surface area (Å²) in [5, 5.41) is 0. The summed E-state index contributed by atoms with van der Waals surface area (Å²) in [4.78, 5) is 0. The van der Waals surface area contributed by atoms with E-state index >= 15 is 0 Å². The molecule has 4 nitrogen and oxygen atoms in total. The van der Waals surface area contributed by atoms with Crippen molar-refractivity contribution in [2.24, 2.45) is 5.73 Å². The van der Waals surface area contributed by atoms with Crippen LogP contribution in [0.4, 0.5) is 0 Å². The van der Waals surface area contributed by atoms with E-state index in [0.717, 1.165) is 11.3 Å². The van der Waals surface area contributed by atoms with Gasteiger partial charge in [0, 0.05) is 11.8 Å². The molecular formula is C13H21NO3S. The number of ether oxygens (including phenoxy) is 1. The van der Waals surface area contributed by atoms with Crippen molar-refractivity contribution in [3.8, 4) is 5.75 Å². The molecule has 1 aromatic carbocycles. The van der Waals surface area contributed by atoms with Gasteiger partial charge in [0.05, 0.1) is 12.9 Å². The summed E-state index contributed by atoms with van der Waals surface area (Å²) in [7, 11) is -1.27. The van der Waals surface area contributed by atoms with Gasteiger partial charge >= 0.3 is 0 Å². The first-order chi connectivity index (χ1) is 8.48. The number of benzene rings is 1. The Bertz CT molecular complexity index is 454. The van der Waals surface area contributed by atoms with Gasteiger partial charge in [0.25, 0.3) is 0 Å². The number of sulfone groups is 1. The Balaban J connectivity index is 2.47. The van der Waals surface area contributed by atoms with E-state index in [1.807, 2.05) is 24.3 Å². The zero-order valence-corrected chi connectivity index (χ0v) is 11.7. The predicted molar refractivity (Wildman–Crippen MR) is 73.5 cm³/mol. The smallest absolute Gasteiger partial charge is 0.150 e. The van der Waals surface area contributed by atoms with Crippen molar-refractivity contribution in [2.75, 3.05) is 18.6 Å². The predicted octanol–water partition coefficient (Wildman–Crippen LogP) is 1.91. The summed E-state index contributed by atoms with van der Waals surface area (Å²) in [6, 6.07) is 7.42. The van der Waals surface area contributed by atoms with Crippen LogP contribution in [0.15, 0.2) is 24.3 Å². The molecule has 1 atom stereocenters. The lowest BCUT2D eigenvalue weighted by Crippen LogP contribution is -2.14. The number of hydrogen-bond acceptors (Lipinski definition) is 4. The fourth-order valence-corrected chi connectivity index (χ4v) is 2.58. The van der Waals surface area contributed by atoms with Gasteiger partial charge in [0.2, 0.25) is 0 Å². The quantitative estimate of drug-likeness (QED) is 0.822. The van der Waals surface area contributed by atoms with Crippen LogP contribution in [0.2, 0.25) is 0 Å². The van der Waals surface area contributed by atoms with E-state index < -0.39 is 9.84 Å². The number of methoxy groups -OCH3 is 1. The second-order valence-electron chi connectivity index (χ2n) is 4.26. The summed E-state index contributed by atoms with van der Waals surface area (Å²) in [6.45, 7) is 1.67. The first-order valence-electron chi connectivity index (χ1n) is 6.08. The molecule has 1 unspecified atom stereocenters. The van der Waals surface area contributed by atoms with E-state index in [0.29, 0.717) is 12.8 Å². The van der Waals surface area contributed by atoms with Gasteiger partial charge in [-0.1, -0.05) is 19.1 Å². The van der Waals surface area contributed by atoms with Gasteiger partial charge in [-0.25, -0.2) is 8.42 Å². The van der Waals surface area contributed by atoms with Crippen LogP contribution in [-0.2, 0) is 9.84 Å². The van der Waals surface area contributed by atoms with Crippen molar-refractivity contribution < 1.29 is 13.2 Å². The fraction of sp³-hybridized carbons (Fsp3) is 0.538. The summed E-state index contributed by atoms with van der Waals surface area (Å²) in [5.41, 5.74) is 7.03. The fourth-order valence-electron chi connectivity index (χ4n) is 1.69. The van der Waals surface area contributed by atoms with Crippen LogP contribution in [0.5, 0.6) is 5.75 Å². The van der Waals surface area contributed by atoms with Gasteiger partial charge in [-0.05, 0) is 30.5 Å². The van der Waals surface area contributed by atoms with Crippen LogP contribution in [0, 0.1) is 0 Å². The Morgan fingerprint density at radius 3 is 2.39 bits per heavy atom. The van der Waals surface area contributed by atoms with Crippen molar-refractivity contribution in [1.29, 1.82) is 0 Å². The van der Waals surface area contributed by atoms with Crippen LogP contribution in [0.3, 0.4) is 0 Å². The number of hydrogen-bond donors (Lipinski definition) is 1. The molecule has 0 fully saturated rings. The molecule has 0 saturated heterocycles. The Kier molecular flexibility index (Phi) is 5.62. The second-order valence-corrected chi connectivity index (χ2v) is 6.73. The summed E-state index contributed by atoms with van der Waals surface area (Å²) >= 11 is 0. The van der Waals surface area contributed by atoms with Crippen LogP contribution in [-0.4, -0.2) is 27.0 Å². The van der Waals surface area contributed by atoms with Gasteiger partial charge in [0.15, 0.2) is 0 Å². The molecule has 0 aliphatic rings. The van der Waals surface area contributed by atoms with Crippen molar-refractivity contribution in [2.45, 2.75) is 25.8 Å². The maximum atomic E-state index is 11.3. The molecule has 0 aliphatic heterocycles. The molecule has 1 rings (SSSR count). The molecular weight excluding hydrogens is 250 g/mol. The molecule has 0 saturated carbocycles. The normalized spacial score (nSPS) is 13.3. The number of rotatable bonds is 7. The minimum atomic E-state index is -2.88. The van der Waals surface area contributed by atoms with Gasteiger partial charge < -0.3 is 10.5 Å². The van der Waals surface area contributed by atoms with Crippen LogP contribution < -0.4 is 10.5 Å². The molecule has 0 radical (unpaired) electrons. The molecule has 0 heterocycles. The molecule has 1 aromatic rings. The Hall–Kier alpha value is -1.07. The zero-order chi connectivity index (χ0) is 13.6. The van der Waals surface area contributed by atoms with Crippen molar-refractivity contribution in [3.05, 3.63) is 29.8 Å². The molecule has 0 spiro atoms. The van der Waals surface area contributed by atoms with E-state index in [1.54, 1.807) is 14.0 Å². The SMILES string of the molecule is CCS(=O)(=O)CCCC(N)c1ccc(OC)cc1. The van der Waals surface area contributed by atoms with Crippen LogP contribution >= 0.6 is 0 Å². The average Bonchev–Trinajstić information content (AvgIpc) is 2.38. The topological polar surface area (TPSA) is 69.4 Å². The highest BCUT2D eigenvalue weighted by molar-refractivity contribution is 7.91. The summed E-state index contributed by atoms with van der Waals surface area (Å²) < 4.78 is 27.8. The lowest BCUT2D eigenvalue weighted by molar-refractivity contribution is 0.414. The van der Waals surface area contributed by atoms with Crippen molar-refractivity contribution in [1.82, 2.24) is 0 Å². The molecule has 0 bridgehead atoms. The Morgan fingerprint density at radius 1 is 1.28 bits per heavy atom. The monoisotopic (exact) mass is 271 g/mol. The van der Waals surface area contributed by atoms with Crippen LogP contribution in [0.25, 0.3) is 0 Å². The zero-order valence-electron chi connectivity index (χ0n) is 10.9. The third kappa shape index (κ3) is 4.66. The lowest BCUT2D eigenvalue weighted by atomic mass is 10.0. The molecule has 0 aromatic heterocycles. The lowest BCUT2D eigenvalue weighted by Gasteiger charge is -2.12. The van der Waals surface area contributed by atoms with Gasteiger partial charge in [-0.2, -0.15) is 0 Å². The van der Waals surface area contributed by atoms with E-state index in [2.05, 4.69) is 0 Å². The van der Waals surface area contributed by atoms with Gasteiger partial charge in [-0.3, -0.25) is 0 Å². The maximum Gasteiger partial charge on any atom is 0.150 e. The van der Waals surface area contributed by atoms with E-state index in [9.17, 15) is 8.42 Å². The highest BCUT2D eigenvalue weighted by Gasteiger charge is 2.10. The minimum absolute atomic E-state index is 0.122. The highest BCUT2D eigenvalue weighted by Crippen LogP contribution is 2.19. The Labute approximate surface area is 109 Å². The van der Waals surface area contributed by atoms with Gasteiger partial charge in [0.1, 0.15) is 15.6 Å². The van der Waals surface area contributed by atoms with Gasteiger partial charge in [-0.15, -0.1) is 0 Å². The molecule has 0 amide bonds. The third-order valence-corrected chi connectivity index (χ3v) is 4.74. The van der Waals surface area contributed by atoms with E-state index in [-0.39, 0.29) is 17.5 Å². The molecule has 0 aliphatic carbocycles. The molecule has 2 N–H and O–H groups in total. The highest BCUT2D eigenvalue weighted by atomic mass is 32.2. The Morgan fingerprint density at radius 2 is 1.89 bits per heavy atom. The first kappa shape index (κ1) is 15.0. The number of nitrogens with two attached hydrogens (primary N) is 1. The van der Waals surface area contributed by atoms with E-state index in [4.69, 9.17) is 10.5 Å². The summed E-state index contributed by atoms with van der Waals surface area (Å²) in [5.74, 6) is 1.21. The minimum Gasteiger partial charge on any atom is -0.497 e. The van der Waals surface area contributed by atoms with Crippen LogP contribution in [0.1, 0.15) is 31.4 Å². The van der Waals surface area contributed by atoms with Crippen molar-refractivity contribution >= 4 is 9.84 Å².